The van der Waals surface area contributed by atoms with E-state index in [0.717, 1.165) is 48.7 Å². The number of rotatable bonds is 4. The van der Waals surface area contributed by atoms with E-state index < -0.39 is 0 Å². The number of hydrogen-bond acceptors (Lipinski definition) is 4. The van der Waals surface area contributed by atoms with E-state index in [9.17, 15) is 5.11 Å². The number of fused-ring (bicyclic) bond motifs is 1. The van der Waals surface area contributed by atoms with Crippen molar-refractivity contribution in [2.45, 2.75) is 78.6 Å². The smallest absolute Gasteiger partial charge is 0.127 e. The summed E-state index contributed by atoms with van der Waals surface area (Å²) in [6.07, 6.45) is 1.91. The normalized spacial score (nSPS) is 12.3. The van der Waals surface area contributed by atoms with Crippen molar-refractivity contribution in [1.82, 2.24) is 9.97 Å². The number of phenols is 1. The number of aromatic hydroxyl groups is 1. The first-order valence-electron chi connectivity index (χ1n) is 16.0. The molecule has 2 heterocycles. The van der Waals surface area contributed by atoms with Gasteiger partial charge in [0.2, 0.25) is 0 Å². The number of thiazole rings is 1. The Kier molecular flexibility index (Phi) is 9.45. The molecule has 2 aromatic heterocycles. The second kappa shape index (κ2) is 12.8. The summed E-state index contributed by atoms with van der Waals surface area (Å²) in [5.41, 5.74) is 11.7. The van der Waals surface area contributed by atoms with E-state index in [1.807, 2.05) is 24.4 Å². The molecule has 0 unspecified atom stereocenters. The molecule has 0 amide bonds. The van der Waals surface area contributed by atoms with Gasteiger partial charge in [-0.1, -0.05) is 116 Å². The monoisotopic (exact) mass is 818 g/mol. The molecule has 4 aromatic carbocycles. The molecule has 6 aromatic rings. The van der Waals surface area contributed by atoms with Gasteiger partial charge < -0.3 is 5.11 Å². The van der Waals surface area contributed by atoms with Crippen molar-refractivity contribution in [3.05, 3.63) is 114 Å². The maximum Gasteiger partial charge on any atom is 0.127 e. The zero-order valence-electron chi connectivity index (χ0n) is 28.7. The van der Waals surface area contributed by atoms with Gasteiger partial charge in [-0.2, -0.15) is 0 Å². The van der Waals surface area contributed by atoms with Gasteiger partial charge in [0.15, 0.2) is 0 Å². The Morgan fingerprint density at radius 2 is 1.23 bits per heavy atom. The molecule has 3 nitrogen and oxygen atoms in total. The van der Waals surface area contributed by atoms with Crippen LogP contribution in [0.4, 0.5) is 0 Å². The van der Waals surface area contributed by atoms with Crippen LogP contribution in [-0.2, 0) is 37.3 Å². The first kappa shape index (κ1) is 34.7. The number of hydrogen-bond donors (Lipinski definition) is 1. The average molecular weight is 819 g/mol. The molecule has 0 fully saturated rings. The molecule has 0 saturated heterocycles. The fraction of sp³-hybridized carbons (Fsp3) is 0.286. The minimum atomic E-state index is -0.0526. The largest absolute Gasteiger partial charge is 0.507 e. The van der Waals surface area contributed by atoms with Gasteiger partial charge in [-0.3, -0.25) is 4.98 Å². The van der Waals surface area contributed by atoms with Crippen LogP contribution in [-0.4, -0.2) is 15.1 Å². The number of nitrogens with zero attached hydrogens (tertiary/aromatic N) is 2. The molecule has 0 saturated carbocycles. The minimum Gasteiger partial charge on any atom is -0.507 e. The quantitative estimate of drug-likeness (QED) is 0.180. The van der Waals surface area contributed by atoms with Crippen molar-refractivity contribution in [3.63, 3.8) is 0 Å². The molecule has 0 bridgehead atoms. The van der Waals surface area contributed by atoms with Crippen molar-refractivity contribution >= 4 is 21.6 Å². The third-order valence-electron chi connectivity index (χ3n) is 8.61. The van der Waals surface area contributed by atoms with Crippen LogP contribution >= 0.6 is 11.3 Å². The number of pyridine rings is 1. The molecule has 5 heteroatoms. The topological polar surface area (TPSA) is 46.0 Å². The summed E-state index contributed by atoms with van der Waals surface area (Å²) in [5, 5.41) is 11.4. The zero-order chi connectivity index (χ0) is 33.0. The van der Waals surface area contributed by atoms with Crippen molar-refractivity contribution in [3.8, 4) is 49.8 Å². The van der Waals surface area contributed by atoms with Crippen LogP contribution in [0.2, 0.25) is 0 Å². The third kappa shape index (κ3) is 7.30. The van der Waals surface area contributed by atoms with E-state index in [0.29, 0.717) is 0 Å². The molecule has 1 N–H and O–H groups in total. The van der Waals surface area contributed by atoms with E-state index in [1.165, 1.54) is 22.3 Å². The number of para-hydroxylation sites is 1. The second-order valence-electron chi connectivity index (χ2n) is 15.4. The first-order chi connectivity index (χ1) is 21.6. The summed E-state index contributed by atoms with van der Waals surface area (Å²) >= 11 is 1.61. The second-order valence-corrected chi connectivity index (χ2v) is 16.4. The summed E-state index contributed by atoms with van der Waals surface area (Å²) < 4.78 is 1.09. The average Bonchev–Trinajstić information content (AvgIpc) is 3.44. The van der Waals surface area contributed by atoms with Gasteiger partial charge in [0, 0.05) is 37.7 Å². The maximum atomic E-state index is 10.6. The molecule has 0 aliphatic heterocycles. The predicted octanol–water partition coefficient (Wildman–Crippen LogP) is 11.8. The SMILES string of the molecule is CC(C)(C)c1cc(-c2ccnc(-c3[c-]c(-c4cc(C(C)(C)C)cc5sc(-c6ccccc6O)nc45)ccc3)c2)cc(C(C)(C)C)c1.[Pt]. The van der Waals surface area contributed by atoms with Gasteiger partial charge >= 0.3 is 0 Å². The van der Waals surface area contributed by atoms with Crippen LogP contribution in [0, 0.1) is 6.07 Å². The Hall–Kier alpha value is -3.59. The van der Waals surface area contributed by atoms with Crippen molar-refractivity contribution in [2.75, 3.05) is 0 Å². The van der Waals surface area contributed by atoms with Crippen LogP contribution in [0.5, 0.6) is 5.75 Å². The van der Waals surface area contributed by atoms with Gasteiger partial charge in [0.25, 0.3) is 0 Å². The first-order valence-corrected chi connectivity index (χ1v) is 16.8. The molecule has 0 aliphatic carbocycles. The molecule has 6 rings (SSSR count). The van der Waals surface area contributed by atoms with Crippen LogP contribution in [0.1, 0.15) is 79.0 Å². The molecule has 47 heavy (non-hydrogen) atoms. The van der Waals surface area contributed by atoms with Crippen LogP contribution in [0.3, 0.4) is 0 Å². The summed E-state index contributed by atoms with van der Waals surface area (Å²) in [7, 11) is 0. The Labute approximate surface area is 298 Å². The van der Waals surface area contributed by atoms with Gasteiger partial charge in [0.05, 0.1) is 11.1 Å². The van der Waals surface area contributed by atoms with E-state index in [4.69, 9.17) is 9.97 Å². The molecule has 0 radical (unpaired) electrons. The van der Waals surface area contributed by atoms with Gasteiger partial charge in [-0.15, -0.1) is 41.2 Å². The minimum absolute atomic E-state index is 0. The summed E-state index contributed by atoms with van der Waals surface area (Å²) in [5.74, 6) is 0.237. The Balaban J connectivity index is 0.00000433. The van der Waals surface area contributed by atoms with E-state index >= 15 is 0 Å². The summed E-state index contributed by atoms with van der Waals surface area (Å²) in [6, 6.07) is 33.2. The van der Waals surface area contributed by atoms with E-state index in [2.05, 4.69) is 129 Å². The van der Waals surface area contributed by atoms with Gasteiger partial charge in [-0.25, -0.2) is 4.98 Å². The number of phenolic OH excluding ortho intramolecular Hbond substituents is 1. The Morgan fingerprint density at radius 3 is 1.87 bits per heavy atom. The third-order valence-corrected chi connectivity index (χ3v) is 9.65. The van der Waals surface area contributed by atoms with Crippen molar-refractivity contribution in [2.24, 2.45) is 0 Å². The summed E-state index contributed by atoms with van der Waals surface area (Å²) in [4.78, 5) is 9.89. The molecular formula is C42H43N2OPtS-. The van der Waals surface area contributed by atoms with Crippen LogP contribution in [0.15, 0.2) is 91.1 Å². The molecular weight excluding hydrogens is 776 g/mol. The maximum absolute atomic E-state index is 10.6. The van der Waals surface area contributed by atoms with Crippen LogP contribution in [0.25, 0.3) is 54.3 Å². The predicted molar refractivity (Wildman–Crippen MR) is 196 cm³/mol. The fourth-order valence-corrected chi connectivity index (χ4v) is 6.70. The number of benzene rings is 4. The molecule has 0 atom stereocenters. The molecule has 0 aliphatic rings. The van der Waals surface area contributed by atoms with Crippen molar-refractivity contribution in [1.29, 1.82) is 0 Å². The van der Waals surface area contributed by atoms with Gasteiger partial charge in [-0.05, 0) is 68.3 Å². The van der Waals surface area contributed by atoms with Gasteiger partial charge in [0.1, 0.15) is 10.8 Å². The zero-order valence-corrected chi connectivity index (χ0v) is 31.8. The van der Waals surface area contributed by atoms with E-state index in [1.54, 1.807) is 17.4 Å². The van der Waals surface area contributed by atoms with Crippen molar-refractivity contribution < 1.29 is 26.2 Å². The number of aromatic nitrogens is 2. The fourth-order valence-electron chi connectivity index (χ4n) is 5.63. The Bertz CT molecular complexity index is 2040. The summed E-state index contributed by atoms with van der Waals surface area (Å²) in [6.45, 7) is 20.3. The van der Waals surface area contributed by atoms with E-state index in [-0.39, 0.29) is 43.1 Å². The standard InChI is InChI=1S/C42H43N2OS.Pt/c1-40(2,3)30-20-29(21-31(23-30)41(4,5)6)26-17-18-43-35(22-26)28-14-12-13-27(19-28)34-24-32(42(7,8)9)25-37-38(34)44-39(46-37)33-15-10-11-16-36(33)45;/h10-18,20-25,45H,1-9H3;/q-1;. The Morgan fingerprint density at radius 1 is 0.617 bits per heavy atom. The van der Waals surface area contributed by atoms with Crippen LogP contribution < -0.4 is 0 Å². The molecule has 0 spiro atoms. The molecule has 244 valence electrons.